The van der Waals surface area contributed by atoms with E-state index in [4.69, 9.17) is 4.74 Å². The molecule has 2 heteroatoms. The van der Waals surface area contributed by atoms with Crippen LogP contribution in [0.25, 0.3) is 0 Å². The summed E-state index contributed by atoms with van der Waals surface area (Å²) in [6.45, 7) is 2.29. The summed E-state index contributed by atoms with van der Waals surface area (Å²) in [6.07, 6.45) is 39.7. The fraction of sp³-hybridized carbons (Fsp3) is 0.970. The van der Waals surface area contributed by atoms with E-state index in [-0.39, 0.29) is 12.1 Å². The third kappa shape index (κ3) is 23.6. The Balaban J connectivity index is 1.98. The minimum absolute atomic E-state index is 0.0719. The van der Waals surface area contributed by atoms with Crippen LogP contribution in [-0.2, 0) is 9.53 Å². The van der Waals surface area contributed by atoms with Gasteiger partial charge in [-0.1, -0.05) is 161 Å². The minimum Gasteiger partial charge on any atom is -0.462 e. The Labute approximate surface area is 221 Å². The van der Waals surface area contributed by atoms with Crippen LogP contribution in [-0.4, -0.2) is 12.1 Å². The van der Waals surface area contributed by atoms with Gasteiger partial charge in [0.05, 0.1) is 0 Å². The Hall–Kier alpha value is -0.530. The van der Waals surface area contributed by atoms with Crippen LogP contribution in [0.15, 0.2) is 0 Å². The van der Waals surface area contributed by atoms with Gasteiger partial charge in [0, 0.05) is 6.42 Å². The molecule has 1 fully saturated rings. The average Bonchev–Trinajstić information content (AvgIpc) is 2.87. The van der Waals surface area contributed by atoms with E-state index < -0.39 is 0 Å². The number of hydrogen-bond acceptors (Lipinski definition) is 2. The Kier molecular flexibility index (Phi) is 24.6. The molecule has 2 nitrogen and oxygen atoms in total. The van der Waals surface area contributed by atoms with Crippen LogP contribution in [0.1, 0.15) is 200 Å². The minimum atomic E-state index is 0.0719. The van der Waals surface area contributed by atoms with Gasteiger partial charge < -0.3 is 4.74 Å². The second-order valence-electron chi connectivity index (χ2n) is 11.6. The predicted octanol–water partition coefficient (Wildman–Crippen LogP) is 11.6. The van der Waals surface area contributed by atoms with E-state index in [0.29, 0.717) is 6.42 Å². The first kappa shape index (κ1) is 32.5. The highest BCUT2D eigenvalue weighted by Gasteiger charge is 2.14. The maximum atomic E-state index is 12.4. The summed E-state index contributed by atoms with van der Waals surface area (Å²) in [5.41, 5.74) is 0. The Morgan fingerprint density at radius 2 is 0.800 bits per heavy atom. The second-order valence-corrected chi connectivity index (χ2v) is 11.6. The molecule has 0 amide bonds. The van der Waals surface area contributed by atoms with E-state index in [1.165, 1.54) is 167 Å². The lowest BCUT2D eigenvalue weighted by Crippen LogP contribution is -2.18. The Morgan fingerprint density at radius 1 is 0.486 bits per heavy atom. The molecule has 0 aromatic carbocycles. The van der Waals surface area contributed by atoms with Gasteiger partial charge in [-0.2, -0.15) is 0 Å². The fourth-order valence-corrected chi connectivity index (χ4v) is 5.66. The van der Waals surface area contributed by atoms with Crippen molar-refractivity contribution in [3.8, 4) is 0 Å². The molecular formula is C33H64O2. The smallest absolute Gasteiger partial charge is 0.306 e. The molecule has 1 aliphatic carbocycles. The summed E-state index contributed by atoms with van der Waals surface area (Å²) in [4.78, 5) is 12.4. The third-order valence-electron chi connectivity index (χ3n) is 8.08. The van der Waals surface area contributed by atoms with Gasteiger partial charge in [-0.3, -0.25) is 4.79 Å². The molecule has 208 valence electrons. The van der Waals surface area contributed by atoms with Gasteiger partial charge in [0.2, 0.25) is 0 Å². The zero-order valence-electron chi connectivity index (χ0n) is 24.1. The van der Waals surface area contributed by atoms with E-state index in [9.17, 15) is 4.79 Å². The van der Waals surface area contributed by atoms with Crippen LogP contribution in [0.2, 0.25) is 0 Å². The molecule has 0 spiro atoms. The standard InChI is InChI=1S/C33H64O2/c1-2-3-4-5-6-7-8-9-10-11-16-19-22-25-28-31-33(34)35-32-29-26-23-20-17-14-12-13-15-18-21-24-27-30-32/h32H,2-31H2,1H3. The lowest BCUT2D eigenvalue weighted by molar-refractivity contribution is -0.150. The SMILES string of the molecule is CCCCCCCCCCCCCCCCCC(=O)OC1CCCCCCCCCCCCCC1. The largest absolute Gasteiger partial charge is 0.462 e. The summed E-state index contributed by atoms with van der Waals surface area (Å²) >= 11 is 0. The molecule has 0 atom stereocenters. The van der Waals surface area contributed by atoms with Gasteiger partial charge in [-0.25, -0.2) is 0 Å². The van der Waals surface area contributed by atoms with E-state index in [1.54, 1.807) is 0 Å². The van der Waals surface area contributed by atoms with Crippen molar-refractivity contribution in [1.29, 1.82) is 0 Å². The van der Waals surface area contributed by atoms with Crippen molar-refractivity contribution in [2.75, 3.05) is 0 Å². The summed E-state index contributed by atoms with van der Waals surface area (Å²) in [5, 5.41) is 0. The number of carbonyl (C=O) groups is 1. The summed E-state index contributed by atoms with van der Waals surface area (Å²) < 4.78 is 5.96. The molecule has 0 N–H and O–H groups in total. The van der Waals surface area contributed by atoms with Crippen molar-refractivity contribution in [1.82, 2.24) is 0 Å². The topological polar surface area (TPSA) is 26.3 Å². The van der Waals surface area contributed by atoms with Crippen molar-refractivity contribution in [2.45, 2.75) is 206 Å². The molecule has 0 radical (unpaired) electrons. The molecule has 0 aromatic rings. The quantitative estimate of drug-likeness (QED) is 0.149. The molecular weight excluding hydrogens is 428 g/mol. The first-order valence-electron chi connectivity index (χ1n) is 16.5. The van der Waals surface area contributed by atoms with Gasteiger partial charge in [0.1, 0.15) is 6.10 Å². The highest BCUT2D eigenvalue weighted by atomic mass is 16.5. The zero-order chi connectivity index (χ0) is 25.1. The molecule has 0 aromatic heterocycles. The van der Waals surface area contributed by atoms with Crippen LogP contribution in [0.4, 0.5) is 0 Å². The van der Waals surface area contributed by atoms with Crippen molar-refractivity contribution in [2.24, 2.45) is 0 Å². The van der Waals surface area contributed by atoms with Gasteiger partial charge in [0.25, 0.3) is 0 Å². The number of hydrogen-bond donors (Lipinski definition) is 0. The second kappa shape index (κ2) is 26.5. The normalized spacial score (nSPS) is 17.5. The van der Waals surface area contributed by atoms with Crippen LogP contribution in [0.3, 0.4) is 0 Å². The van der Waals surface area contributed by atoms with Crippen molar-refractivity contribution in [3.05, 3.63) is 0 Å². The Bertz CT molecular complexity index is 417. The first-order valence-corrected chi connectivity index (χ1v) is 16.5. The van der Waals surface area contributed by atoms with E-state index in [2.05, 4.69) is 6.92 Å². The van der Waals surface area contributed by atoms with E-state index in [0.717, 1.165) is 19.3 Å². The number of ether oxygens (including phenoxy) is 1. The summed E-state index contributed by atoms with van der Waals surface area (Å²) in [6, 6.07) is 0. The summed E-state index contributed by atoms with van der Waals surface area (Å²) in [5.74, 6) is 0.0719. The van der Waals surface area contributed by atoms with Gasteiger partial charge in [0.15, 0.2) is 0 Å². The number of esters is 1. The number of rotatable bonds is 17. The van der Waals surface area contributed by atoms with Crippen molar-refractivity contribution >= 4 is 5.97 Å². The average molecular weight is 493 g/mol. The van der Waals surface area contributed by atoms with Gasteiger partial charge >= 0.3 is 5.97 Å². The first-order chi connectivity index (χ1) is 17.3. The molecule has 1 rings (SSSR count). The summed E-state index contributed by atoms with van der Waals surface area (Å²) in [7, 11) is 0. The van der Waals surface area contributed by atoms with Gasteiger partial charge in [-0.05, 0) is 32.1 Å². The molecule has 1 saturated carbocycles. The van der Waals surface area contributed by atoms with E-state index >= 15 is 0 Å². The molecule has 0 heterocycles. The highest BCUT2D eigenvalue weighted by molar-refractivity contribution is 5.69. The van der Waals surface area contributed by atoms with Crippen LogP contribution >= 0.6 is 0 Å². The van der Waals surface area contributed by atoms with Crippen LogP contribution in [0.5, 0.6) is 0 Å². The maximum Gasteiger partial charge on any atom is 0.306 e. The number of carbonyl (C=O) groups excluding carboxylic acids is 1. The van der Waals surface area contributed by atoms with Crippen molar-refractivity contribution < 1.29 is 9.53 Å². The lowest BCUT2D eigenvalue weighted by Gasteiger charge is -2.18. The molecule has 0 saturated heterocycles. The molecule has 1 aliphatic rings. The molecule has 35 heavy (non-hydrogen) atoms. The van der Waals surface area contributed by atoms with E-state index in [1.807, 2.05) is 0 Å². The lowest BCUT2D eigenvalue weighted by atomic mass is 10.0. The number of unbranched alkanes of at least 4 members (excludes halogenated alkanes) is 14. The monoisotopic (exact) mass is 492 g/mol. The zero-order valence-corrected chi connectivity index (χ0v) is 24.1. The fourth-order valence-electron chi connectivity index (χ4n) is 5.66. The third-order valence-corrected chi connectivity index (χ3v) is 8.08. The Morgan fingerprint density at radius 3 is 1.17 bits per heavy atom. The van der Waals surface area contributed by atoms with Crippen LogP contribution in [0, 0.1) is 0 Å². The molecule has 0 bridgehead atoms. The van der Waals surface area contributed by atoms with Crippen LogP contribution < -0.4 is 0 Å². The highest BCUT2D eigenvalue weighted by Crippen LogP contribution is 2.20. The van der Waals surface area contributed by atoms with Gasteiger partial charge in [-0.15, -0.1) is 0 Å². The molecule has 0 unspecified atom stereocenters. The maximum absolute atomic E-state index is 12.4. The predicted molar refractivity (Wildman–Crippen MR) is 154 cm³/mol. The van der Waals surface area contributed by atoms with Crippen molar-refractivity contribution in [3.63, 3.8) is 0 Å². The molecule has 0 aliphatic heterocycles.